The molecule has 4 unspecified atom stereocenters. The summed E-state index contributed by atoms with van der Waals surface area (Å²) in [5.74, 6) is -1.77. The van der Waals surface area contributed by atoms with E-state index in [1.807, 2.05) is 38.1 Å². The third kappa shape index (κ3) is 4.50. The van der Waals surface area contributed by atoms with Gasteiger partial charge in [0.25, 0.3) is 0 Å². The fourth-order valence-corrected chi connectivity index (χ4v) is 7.44. The van der Waals surface area contributed by atoms with Crippen LogP contribution in [0.4, 0.5) is 20.3 Å². The lowest BCUT2D eigenvalue weighted by atomic mass is 9.68. The first kappa shape index (κ1) is 28.9. The molecule has 3 aromatic rings. The molecule has 8 nitrogen and oxygen atoms in total. The molecule has 43 heavy (non-hydrogen) atoms. The maximum Gasteiger partial charge on any atom is 0.246 e. The van der Waals surface area contributed by atoms with Gasteiger partial charge in [0.2, 0.25) is 17.7 Å². The Balaban J connectivity index is 1.28. The number of carbonyl (C=O) groups is 3. The number of aromatic nitrogens is 1. The van der Waals surface area contributed by atoms with Crippen molar-refractivity contribution in [1.82, 2.24) is 9.88 Å². The van der Waals surface area contributed by atoms with Gasteiger partial charge in [-0.3, -0.25) is 14.4 Å². The number of anilines is 2. The Hall–Kier alpha value is -4.18. The number of amides is 3. The fourth-order valence-electron chi connectivity index (χ4n) is 7.44. The van der Waals surface area contributed by atoms with Crippen molar-refractivity contribution in [2.75, 3.05) is 10.6 Å². The van der Waals surface area contributed by atoms with Crippen LogP contribution < -0.4 is 16.4 Å². The van der Waals surface area contributed by atoms with E-state index >= 15 is 0 Å². The van der Waals surface area contributed by atoms with Crippen molar-refractivity contribution < 1.29 is 23.2 Å². The van der Waals surface area contributed by atoms with Crippen LogP contribution in [-0.4, -0.2) is 39.7 Å². The van der Waals surface area contributed by atoms with E-state index in [1.54, 1.807) is 19.2 Å². The van der Waals surface area contributed by atoms with E-state index < -0.39 is 46.5 Å². The second-order valence-corrected chi connectivity index (χ2v) is 12.1. The number of nitrogens with two attached hydrogens (primary N) is 1. The molecule has 1 aromatic heterocycles. The van der Waals surface area contributed by atoms with Crippen molar-refractivity contribution in [3.05, 3.63) is 88.6 Å². The minimum Gasteiger partial charge on any atom is -0.327 e. The molecule has 1 spiro atoms. The molecule has 2 aliphatic heterocycles. The first-order chi connectivity index (χ1) is 20.5. The molecular weight excluding hydrogens is 552 g/mol. The van der Waals surface area contributed by atoms with Crippen LogP contribution in [0.2, 0.25) is 0 Å². The SMILES string of the molecule is CCC1(CC)C(=O)N(C(C)C(=O)Nc2ccc3c(c2)CC2(C3)C(=O)Nc3ncccc32)C(c2cc(F)cc(F)c2)CC1N. The fraction of sp³-hybridized carbons (Fsp3) is 0.394. The van der Waals surface area contributed by atoms with E-state index in [4.69, 9.17) is 5.73 Å². The molecule has 4 N–H and O–H groups in total. The summed E-state index contributed by atoms with van der Waals surface area (Å²) in [6.07, 6.45) is 3.84. The van der Waals surface area contributed by atoms with Crippen LogP contribution in [0.25, 0.3) is 0 Å². The Kier molecular flexibility index (Phi) is 7.07. The monoisotopic (exact) mass is 587 g/mol. The Labute approximate surface area is 249 Å². The van der Waals surface area contributed by atoms with Gasteiger partial charge in [0.1, 0.15) is 23.5 Å². The van der Waals surface area contributed by atoms with E-state index in [2.05, 4.69) is 15.6 Å². The highest BCUT2D eigenvalue weighted by Gasteiger charge is 2.53. The van der Waals surface area contributed by atoms with Crippen LogP contribution in [-0.2, 0) is 32.6 Å². The van der Waals surface area contributed by atoms with Crippen LogP contribution in [0.5, 0.6) is 0 Å². The summed E-state index contributed by atoms with van der Waals surface area (Å²) in [6.45, 7) is 5.41. The second-order valence-electron chi connectivity index (χ2n) is 12.1. The van der Waals surface area contributed by atoms with E-state index in [1.165, 1.54) is 17.0 Å². The Morgan fingerprint density at radius 1 is 1.09 bits per heavy atom. The molecule has 0 saturated carbocycles. The van der Waals surface area contributed by atoms with Gasteiger partial charge in [-0.05, 0) is 86.1 Å². The van der Waals surface area contributed by atoms with E-state index in [0.717, 1.165) is 22.8 Å². The molecule has 3 heterocycles. The lowest BCUT2D eigenvalue weighted by molar-refractivity contribution is -0.158. The van der Waals surface area contributed by atoms with Gasteiger partial charge in [-0.15, -0.1) is 0 Å². The summed E-state index contributed by atoms with van der Waals surface area (Å²) >= 11 is 0. The summed E-state index contributed by atoms with van der Waals surface area (Å²) < 4.78 is 28.6. The van der Waals surface area contributed by atoms with Crippen LogP contribution in [0, 0.1) is 17.0 Å². The average molecular weight is 588 g/mol. The molecule has 2 aromatic carbocycles. The highest BCUT2D eigenvalue weighted by Crippen LogP contribution is 2.48. The third-order valence-corrected chi connectivity index (χ3v) is 9.96. The van der Waals surface area contributed by atoms with Crippen LogP contribution in [0.3, 0.4) is 0 Å². The highest BCUT2D eigenvalue weighted by molar-refractivity contribution is 6.06. The Morgan fingerprint density at radius 2 is 1.79 bits per heavy atom. The van der Waals surface area contributed by atoms with Gasteiger partial charge in [-0.25, -0.2) is 13.8 Å². The number of rotatable bonds is 6. The summed E-state index contributed by atoms with van der Waals surface area (Å²) in [7, 11) is 0. The van der Waals surface area contributed by atoms with Crippen molar-refractivity contribution in [2.24, 2.45) is 11.1 Å². The average Bonchev–Trinajstić information content (AvgIpc) is 3.49. The number of piperidine rings is 1. The standard InChI is InChI=1S/C33H35F2N5O3/c1-4-32(5-2)27(36)15-26(20-11-22(34)14-23(35)12-20)40(31(32)43)18(3)29(41)38-24-9-8-19-16-33(17-21(19)13-24)25-7-6-10-37-28(25)39-30(33)42/h6-14,18,26-27H,4-5,15-17,36H2,1-3H3,(H,38,41)(H,37,39,42). The predicted octanol–water partition coefficient (Wildman–Crippen LogP) is 4.78. The number of fused-ring (bicyclic) bond motifs is 3. The minimum atomic E-state index is -0.966. The quantitative estimate of drug-likeness (QED) is 0.384. The molecule has 3 amide bonds. The molecule has 1 saturated heterocycles. The zero-order valence-electron chi connectivity index (χ0n) is 24.4. The number of nitrogens with one attached hydrogen (secondary N) is 2. The van der Waals surface area contributed by atoms with Gasteiger partial charge in [-0.2, -0.15) is 0 Å². The molecule has 0 radical (unpaired) electrons. The summed E-state index contributed by atoms with van der Waals surface area (Å²) in [4.78, 5) is 46.7. The number of benzene rings is 2. The van der Waals surface area contributed by atoms with Gasteiger partial charge >= 0.3 is 0 Å². The number of nitrogens with zero attached hydrogens (tertiary/aromatic N) is 2. The number of carbonyl (C=O) groups excluding carboxylic acids is 3. The van der Waals surface area contributed by atoms with Gasteiger partial charge in [-0.1, -0.05) is 26.0 Å². The number of likely N-dealkylation sites (tertiary alicyclic amines) is 1. The highest BCUT2D eigenvalue weighted by atomic mass is 19.1. The van der Waals surface area contributed by atoms with Crippen LogP contribution in [0.1, 0.15) is 68.3 Å². The van der Waals surface area contributed by atoms with Crippen molar-refractivity contribution >= 4 is 29.2 Å². The first-order valence-corrected chi connectivity index (χ1v) is 14.8. The van der Waals surface area contributed by atoms with Gasteiger partial charge in [0.05, 0.1) is 16.9 Å². The Bertz CT molecular complexity index is 1620. The minimum absolute atomic E-state index is 0.0893. The zero-order valence-corrected chi connectivity index (χ0v) is 24.4. The molecule has 1 aliphatic carbocycles. The van der Waals surface area contributed by atoms with Crippen molar-refractivity contribution in [2.45, 2.75) is 76.4 Å². The van der Waals surface area contributed by atoms with Crippen molar-refractivity contribution in [1.29, 1.82) is 0 Å². The lowest BCUT2D eigenvalue weighted by Crippen LogP contribution is -2.63. The number of pyridine rings is 1. The van der Waals surface area contributed by atoms with Gasteiger partial charge in [0, 0.05) is 29.6 Å². The smallest absolute Gasteiger partial charge is 0.246 e. The number of hydrogen-bond donors (Lipinski definition) is 3. The van der Waals surface area contributed by atoms with Crippen molar-refractivity contribution in [3.63, 3.8) is 0 Å². The summed E-state index contributed by atoms with van der Waals surface area (Å²) in [5.41, 5.74) is 8.55. The molecular formula is C33H35F2N5O3. The normalized spacial score (nSPS) is 24.5. The van der Waals surface area contributed by atoms with Crippen LogP contribution >= 0.6 is 0 Å². The van der Waals surface area contributed by atoms with Gasteiger partial charge in [0.15, 0.2) is 0 Å². The lowest BCUT2D eigenvalue weighted by Gasteiger charge is -2.51. The third-order valence-electron chi connectivity index (χ3n) is 9.96. The van der Waals surface area contributed by atoms with E-state index in [-0.39, 0.29) is 23.8 Å². The zero-order chi connectivity index (χ0) is 30.7. The van der Waals surface area contributed by atoms with E-state index in [9.17, 15) is 23.2 Å². The number of halogens is 2. The van der Waals surface area contributed by atoms with Gasteiger partial charge < -0.3 is 21.3 Å². The second kappa shape index (κ2) is 10.5. The molecule has 10 heteroatoms. The van der Waals surface area contributed by atoms with E-state index in [0.29, 0.717) is 37.2 Å². The first-order valence-electron chi connectivity index (χ1n) is 14.8. The largest absolute Gasteiger partial charge is 0.327 e. The van der Waals surface area contributed by atoms with Crippen LogP contribution in [0.15, 0.2) is 54.7 Å². The molecule has 3 aliphatic rings. The topological polar surface area (TPSA) is 117 Å². The maximum atomic E-state index is 14.3. The summed E-state index contributed by atoms with van der Waals surface area (Å²) in [6, 6.07) is 10.2. The summed E-state index contributed by atoms with van der Waals surface area (Å²) in [5, 5.41) is 5.84. The molecule has 1 fully saturated rings. The van der Waals surface area contributed by atoms with Crippen molar-refractivity contribution in [3.8, 4) is 0 Å². The number of hydrogen-bond acceptors (Lipinski definition) is 5. The Morgan fingerprint density at radius 3 is 2.49 bits per heavy atom. The molecule has 6 rings (SSSR count). The maximum absolute atomic E-state index is 14.3. The molecule has 0 bridgehead atoms. The molecule has 4 atom stereocenters. The molecule has 224 valence electrons. The predicted molar refractivity (Wildman–Crippen MR) is 158 cm³/mol.